The van der Waals surface area contributed by atoms with E-state index in [2.05, 4.69) is 25.9 Å². The zero-order valence-electron chi connectivity index (χ0n) is 8.71. The topological polar surface area (TPSA) is 23.5 Å². The number of hydrogen-bond acceptors (Lipinski definition) is 2. The van der Waals surface area contributed by atoms with Crippen LogP contribution in [-0.4, -0.2) is 36.8 Å². The molecule has 0 amide bonds. The van der Waals surface area contributed by atoms with E-state index in [0.29, 0.717) is 12.6 Å². The molecule has 0 heterocycles. The summed E-state index contributed by atoms with van der Waals surface area (Å²) in [6.45, 7) is 2.61. The molecule has 0 aromatic carbocycles. The van der Waals surface area contributed by atoms with Crippen LogP contribution in [0, 0.1) is 0 Å². The van der Waals surface area contributed by atoms with Crippen molar-refractivity contribution in [1.82, 2.24) is 4.90 Å². The third kappa shape index (κ3) is 6.62. The monoisotopic (exact) mass is 173 g/mol. The van der Waals surface area contributed by atoms with Crippen LogP contribution < -0.4 is 0 Å². The molecule has 1 atom stereocenters. The highest BCUT2D eigenvalue weighted by atomic mass is 16.2. The maximum atomic E-state index is 8.55. The van der Waals surface area contributed by atoms with E-state index in [1.165, 1.54) is 25.7 Å². The molecule has 0 fully saturated rings. The van der Waals surface area contributed by atoms with Gasteiger partial charge in [0.1, 0.15) is 0 Å². The van der Waals surface area contributed by atoms with Crippen LogP contribution in [0.3, 0.4) is 0 Å². The molecule has 1 N–H and O–H groups in total. The lowest BCUT2D eigenvalue weighted by molar-refractivity contribution is 0.274. The Bertz CT molecular complexity index is 93.8. The number of nitrogens with zero attached hydrogens (tertiary/aromatic N) is 1. The first-order valence-corrected chi connectivity index (χ1v) is 4.95. The van der Waals surface area contributed by atoms with Crippen molar-refractivity contribution in [3.63, 3.8) is 0 Å². The predicted molar refractivity (Wildman–Crippen MR) is 53.3 cm³/mol. The molecule has 0 aliphatic heterocycles. The summed E-state index contributed by atoms with van der Waals surface area (Å²) in [5, 5.41) is 8.55. The summed E-state index contributed by atoms with van der Waals surface area (Å²) in [6, 6.07) is 0.694. The minimum atomic E-state index is 0.350. The van der Waals surface area contributed by atoms with E-state index >= 15 is 0 Å². The zero-order valence-corrected chi connectivity index (χ0v) is 8.71. The Hall–Kier alpha value is -0.0800. The van der Waals surface area contributed by atoms with E-state index in [0.717, 1.165) is 6.42 Å². The predicted octanol–water partition coefficient (Wildman–Crippen LogP) is 1.88. The Morgan fingerprint density at radius 1 is 1.08 bits per heavy atom. The lowest BCUT2D eigenvalue weighted by Crippen LogP contribution is -2.24. The van der Waals surface area contributed by atoms with Crippen molar-refractivity contribution in [3.05, 3.63) is 0 Å². The molecule has 1 unspecified atom stereocenters. The van der Waals surface area contributed by atoms with Crippen LogP contribution in [-0.2, 0) is 0 Å². The zero-order chi connectivity index (χ0) is 9.40. The molecule has 0 radical (unpaired) electrons. The Kier molecular flexibility index (Phi) is 7.51. The van der Waals surface area contributed by atoms with Gasteiger partial charge < -0.3 is 10.0 Å². The molecule has 0 rings (SSSR count). The average Bonchev–Trinajstić information content (AvgIpc) is 2.03. The second-order valence-corrected chi connectivity index (χ2v) is 3.74. The highest BCUT2D eigenvalue weighted by Gasteiger charge is 2.02. The fraction of sp³-hybridized carbons (Fsp3) is 1.00. The third-order valence-electron chi connectivity index (χ3n) is 2.41. The van der Waals surface area contributed by atoms with Crippen molar-refractivity contribution in [2.75, 3.05) is 20.7 Å². The van der Waals surface area contributed by atoms with Gasteiger partial charge in [0.25, 0.3) is 0 Å². The normalized spacial score (nSPS) is 13.8. The quantitative estimate of drug-likeness (QED) is 0.594. The summed E-state index contributed by atoms with van der Waals surface area (Å²) in [6.07, 6.45) is 5.98. The highest BCUT2D eigenvalue weighted by Crippen LogP contribution is 2.07. The molecule has 0 saturated carbocycles. The van der Waals surface area contributed by atoms with Gasteiger partial charge in [0.05, 0.1) is 0 Å². The maximum absolute atomic E-state index is 8.55. The SMILES string of the molecule is CC(CCCCCCO)N(C)C. The summed E-state index contributed by atoms with van der Waals surface area (Å²) >= 11 is 0. The standard InChI is InChI=1S/C10H23NO/c1-10(11(2)3)8-6-4-5-7-9-12/h10,12H,4-9H2,1-3H3. The lowest BCUT2D eigenvalue weighted by atomic mass is 10.1. The highest BCUT2D eigenvalue weighted by molar-refractivity contribution is 4.58. The molecular weight excluding hydrogens is 150 g/mol. The van der Waals surface area contributed by atoms with Crippen molar-refractivity contribution in [2.45, 2.75) is 45.1 Å². The van der Waals surface area contributed by atoms with Crippen molar-refractivity contribution in [1.29, 1.82) is 0 Å². The van der Waals surface area contributed by atoms with E-state index in [4.69, 9.17) is 5.11 Å². The Morgan fingerprint density at radius 3 is 2.17 bits per heavy atom. The number of hydrogen-bond donors (Lipinski definition) is 1. The lowest BCUT2D eigenvalue weighted by Gasteiger charge is -2.19. The fourth-order valence-corrected chi connectivity index (χ4v) is 1.16. The van der Waals surface area contributed by atoms with Gasteiger partial charge >= 0.3 is 0 Å². The number of rotatable bonds is 7. The fourth-order valence-electron chi connectivity index (χ4n) is 1.16. The molecule has 2 nitrogen and oxygen atoms in total. The van der Waals surface area contributed by atoms with Crippen molar-refractivity contribution in [3.8, 4) is 0 Å². The van der Waals surface area contributed by atoms with E-state index in [1.807, 2.05) is 0 Å². The van der Waals surface area contributed by atoms with Crippen LogP contribution >= 0.6 is 0 Å². The van der Waals surface area contributed by atoms with Crippen LogP contribution in [0.4, 0.5) is 0 Å². The van der Waals surface area contributed by atoms with Gasteiger partial charge in [0.2, 0.25) is 0 Å². The first kappa shape index (κ1) is 11.9. The van der Waals surface area contributed by atoms with Crippen LogP contribution in [0.5, 0.6) is 0 Å². The largest absolute Gasteiger partial charge is 0.396 e. The van der Waals surface area contributed by atoms with Gasteiger partial charge in [-0.05, 0) is 33.9 Å². The van der Waals surface area contributed by atoms with Gasteiger partial charge in [-0.25, -0.2) is 0 Å². The number of aliphatic hydroxyl groups excluding tert-OH is 1. The molecule has 12 heavy (non-hydrogen) atoms. The summed E-state index contributed by atoms with van der Waals surface area (Å²) < 4.78 is 0. The van der Waals surface area contributed by atoms with Crippen LogP contribution in [0.15, 0.2) is 0 Å². The molecule has 2 heteroatoms. The maximum Gasteiger partial charge on any atom is 0.0431 e. The van der Waals surface area contributed by atoms with Crippen LogP contribution in [0.25, 0.3) is 0 Å². The molecule has 74 valence electrons. The number of unbranched alkanes of at least 4 members (excludes halogenated alkanes) is 3. The van der Waals surface area contributed by atoms with Gasteiger partial charge in [0.15, 0.2) is 0 Å². The molecule has 0 saturated heterocycles. The Labute approximate surface area is 76.6 Å². The third-order valence-corrected chi connectivity index (χ3v) is 2.41. The van der Waals surface area contributed by atoms with E-state index in [9.17, 15) is 0 Å². The molecular formula is C10H23NO. The smallest absolute Gasteiger partial charge is 0.0431 e. The van der Waals surface area contributed by atoms with E-state index in [-0.39, 0.29) is 0 Å². The summed E-state index contributed by atoms with van der Waals surface area (Å²) in [5.74, 6) is 0. The minimum absolute atomic E-state index is 0.350. The van der Waals surface area contributed by atoms with Crippen molar-refractivity contribution in [2.24, 2.45) is 0 Å². The first-order valence-electron chi connectivity index (χ1n) is 4.95. The van der Waals surface area contributed by atoms with Gasteiger partial charge in [-0.3, -0.25) is 0 Å². The van der Waals surface area contributed by atoms with E-state index in [1.54, 1.807) is 0 Å². The first-order chi connectivity index (χ1) is 5.68. The molecule has 0 aromatic heterocycles. The van der Waals surface area contributed by atoms with Gasteiger partial charge in [-0.1, -0.05) is 19.3 Å². The van der Waals surface area contributed by atoms with Gasteiger partial charge in [0, 0.05) is 12.6 Å². The second-order valence-electron chi connectivity index (χ2n) is 3.74. The molecule has 0 aliphatic carbocycles. The molecule has 0 aliphatic rings. The molecule has 0 spiro atoms. The number of aliphatic hydroxyl groups is 1. The van der Waals surface area contributed by atoms with E-state index < -0.39 is 0 Å². The van der Waals surface area contributed by atoms with Crippen LogP contribution in [0.2, 0.25) is 0 Å². The summed E-state index contributed by atoms with van der Waals surface area (Å²) in [4.78, 5) is 2.26. The average molecular weight is 173 g/mol. The summed E-state index contributed by atoms with van der Waals surface area (Å²) in [7, 11) is 4.25. The Balaban J connectivity index is 3.08. The van der Waals surface area contributed by atoms with Gasteiger partial charge in [-0.2, -0.15) is 0 Å². The summed E-state index contributed by atoms with van der Waals surface area (Å²) in [5.41, 5.74) is 0. The minimum Gasteiger partial charge on any atom is -0.396 e. The second kappa shape index (κ2) is 7.56. The molecule has 0 aromatic rings. The van der Waals surface area contributed by atoms with Crippen molar-refractivity contribution >= 4 is 0 Å². The molecule has 0 bridgehead atoms. The Morgan fingerprint density at radius 2 is 1.67 bits per heavy atom. The van der Waals surface area contributed by atoms with Gasteiger partial charge in [-0.15, -0.1) is 0 Å². The van der Waals surface area contributed by atoms with Crippen molar-refractivity contribution < 1.29 is 5.11 Å². The van der Waals surface area contributed by atoms with Crippen LogP contribution in [0.1, 0.15) is 39.0 Å².